The highest BCUT2D eigenvalue weighted by atomic mass is 35.5. The second kappa shape index (κ2) is 7.57. The molecule has 0 saturated carbocycles. The molecule has 2 heterocycles. The van der Waals surface area contributed by atoms with Crippen LogP contribution >= 0.6 is 11.6 Å². The Kier molecular flexibility index (Phi) is 4.99. The van der Waals surface area contributed by atoms with Crippen molar-refractivity contribution in [3.8, 4) is 11.3 Å². The molecule has 2 aromatic carbocycles. The number of piperidine rings is 1. The molecular formula is C22H22ClN3O. The molecular weight excluding hydrogens is 358 g/mol. The van der Waals surface area contributed by atoms with Crippen molar-refractivity contribution in [3.05, 3.63) is 76.9 Å². The molecule has 0 bridgehead atoms. The van der Waals surface area contributed by atoms with E-state index in [0.717, 1.165) is 37.2 Å². The normalized spacial score (nSPS) is 15.1. The van der Waals surface area contributed by atoms with E-state index in [1.54, 1.807) is 4.68 Å². The molecule has 5 heteroatoms. The largest absolute Gasteiger partial charge is 0.337 e. The van der Waals surface area contributed by atoms with Gasteiger partial charge in [0.25, 0.3) is 5.91 Å². The predicted molar refractivity (Wildman–Crippen MR) is 108 cm³/mol. The minimum Gasteiger partial charge on any atom is -0.337 e. The van der Waals surface area contributed by atoms with Crippen LogP contribution in [0, 0.1) is 0 Å². The minimum atomic E-state index is 0.0369. The first kappa shape index (κ1) is 17.8. The Labute approximate surface area is 164 Å². The molecule has 1 fully saturated rings. The summed E-state index contributed by atoms with van der Waals surface area (Å²) in [5.74, 6) is 0.565. The lowest BCUT2D eigenvalue weighted by molar-refractivity contribution is 0.0702. The topological polar surface area (TPSA) is 38.1 Å². The molecule has 0 spiro atoms. The van der Waals surface area contributed by atoms with Gasteiger partial charge in [-0.1, -0.05) is 60.1 Å². The van der Waals surface area contributed by atoms with E-state index in [0.29, 0.717) is 16.6 Å². The lowest BCUT2D eigenvalue weighted by Gasteiger charge is -2.32. The lowest BCUT2D eigenvalue weighted by Crippen LogP contribution is -2.38. The van der Waals surface area contributed by atoms with E-state index in [2.05, 4.69) is 29.4 Å². The van der Waals surface area contributed by atoms with E-state index in [-0.39, 0.29) is 5.91 Å². The van der Waals surface area contributed by atoms with E-state index in [1.807, 2.05) is 48.3 Å². The maximum absolute atomic E-state index is 13.0. The van der Waals surface area contributed by atoms with Gasteiger partial charge in [0.15, 0.2) is 0 Å². The molecule has 0 aliphatic carbocycles. The third-order valence-electron chi connectivity index (χ3n) is 5.30. The summed E-state index contributed by atoms with van der Waals surface area (Å²) in [7, 11) is 1.81. The van der Waals surface area contributed by atoms with Crippen LogP contribution in [-0.4, -0.2) is 33.7 Å². The highest BCUT2D eigenvalue weighted by Crippen LogP contribution is 2.30. The fourth-order valence-electron chi connectivity index (χ4n) is 3.77. The number of hydrogen-bond donors (Lipinski definition) is 0. The molecule has 138 valence electrons. The highest BCUT2D eigenvalue weighted by molar-refractivity contribution is 6.33. The van der Waals surface area contributed by atoms with Crippen LogP contribution < -0.4 is 0 Å². The number of amides is 1. The van der Waals surface area contributed by atoms with Gasteiger partial charge in [0.05, 0.1) is 10.7 Å². The van der Waals surface area contributed by atoms with Gasteiger partial charge in [0, 0.05) is 25.7 Å². The Hall–Kier alpha value is -2.59. The Bertz CT molecular complexity index is 943. The number of rotatable bonds is 3. The Morgan fingerprint density at radius 3 is 2.41 bits per heavy atom. The molecule has 1 saturated heterocycles. The summed E-state index contributed by atoms with van der Waals surface area (Å²) in [6.45, 7) is 1.54. The number of nitrogens with zero attached hydrogens (tertiary/aromatic N) is 3. The standard InChI is InChI=1S/C22H22ClN3O/c1-25-21(15-20(24-25)18-9-5-6-10-19(18)23)22(27)26-13-11-17(12-14-26)16-7-3-2-4-8-16/h2-10,15,17H,11-14H2,1H3. The molecule has 4 nitrogen and oxygen atoms in total. The van der Waals surface area contributed by atoms with Crippen molar-refractivity contribution in [3.63, 3.8) is 0 Å². The van der Waals surface area contributed by atoms with Gasteiger partial charge in [0.2, 0.25) is 0 Å². The number of halogens is 1. The smallest absolute Gasteiger partial charge is 0.272 e. The van der Waals surface area contributed by atoms with E-state index < -0.39 is 0 Å². The maximum atomic E-state index is 13.0. The van der Waals surface area contributed by atoms with Crippen LogP contribution in [0.3, 0.4) is 0 Å². The molecule has 0 radical (unpaired) electrons. The third-order valence-corrected chi connectivity index (χ3v) is 5.63. The van der Waals surface area contributed by atoms with Gasteiger partial charge in [-0.15, -0.1) is 0 Å². The van der Waals surface area contributed by atoms with Gasteiger partial charge in [-0.2, -0.15) is 5.10 Å². The van der Waals surface area contributed by atoms with Crippen molar-refractivity contribution in [1.29, 1.82) is 0 Å². The van der Waals surface area contributed by atoms with Crippen LogP contribution in [0.4, 0.5) is 0 Å². The van der Waals surface area contributed by atoms with E-state index in [1.165, 1.54) is 5.56 Å². The van der Waals surface area contributed by atoms with E-state index >= 15 is 0 Å². The van der Waals surface area contributed by atoms with Gasteiger partial charge >= 0.3 is 0 Å². The number of carbonyl (C=O) groups is 1. The molecule has 1 aliphatic heterocycles. The lowest BCUT2D eigenvalue weighted by atomic mass is 9.89. The zero-order chi connectivity index (χ0) is 18.8. The average molecular weight is 380 g/mol. The van der Waals surface area contributed by atoms with Crippen LogP contribution in [0.15, 0.2) is 60.7 Å². The summed E-state index contributed by atoms with van der Waals surface area (Å²) in [4.78, 5) is 15.0. The van der Waals surface area contributed by atoms with Crippen LogP contribution in [0.25, 0.3) is 11.3 Å². The van der Waals surface area contributed by atoms with Crippen LogP contribution in [0.5, 0.6) is 0 Å². The Morgan fingerprint density at radius 1 is 1.04 bits per heavy atom. The van der Waals surface area contributed by atoms with Crippen molar-refractivity contribution in [2.75, 3.05) is 13.1 Å². The number of aryl methyl sites for hydroxylation is 1. The molecule has 1 amide bonds. The first-order valence-electron chi connectivity index (χ1n) is 9.26. The van der Waals surface area contributed by atoms with Gasteiger partial charge in [-0.3, -0.25) is 9.48 Å². The quantitative estimate of drug-likeness (QED) is 0.658. The number of aromatic nitrogens is 2. The molecule has 0 unspecified atom stereocenters. The van der Waals surface area contributed by atoms with Crippen molar-refractivity contribution < 1.29 is 4.79 Å². The molecule has 0 N–H and O–H groups in total. The Balaban J connectivity index is 1.49. The van der Waals surface area contributed by atoms with Crippen molar-refractivity contribution in [2.45, 2.75) is 18.8 Å². The minimum absolute atomic E-state index is 0.0369. The molecule has 0 atom stereocenters. The molecule has 1 aliphatic rings. The maximum Gasteiger partial charge on any atom is 0.272 e. The van der Waals surface area contributed by atoms with Gasteiger partial charge in [0.1, 0.15) is 5.69 Å². The van der Waals surface area contributed by atoms with Gasteiger partial charge in [-0.05, 0) is 36.5 Å². The van der Waals surface area contributed by atoms with Gasteiger partial charge in [-0.25, -0.2) is 0 Å². The molecule has 1 aromatic heterocycles. The average Bonchev–Trinajstić information content (AvgIpc) is 3.10. The first-order chi connectivity index (χ1) is 13.1. The number of benzene rings is 2. The summed E-state index contributed by atoms with van der Waals surface area (Å²) in [5.41, 5.74) is 3.54. The monoisotopic (exact) mass is 379 g/mol. The fraction of sp³-hybridized carbons (Fsp3) is 0.273. The molecule has 27 heavy (non-hydrogen) atoms. The Morgan fingerprint density at radius 2 is 1.70 bits per heavy atom. The van der Waals surface area contributed by atoms with Crippen molar-refractivity contribution in [2.24, 2.45) is 7.05 Å². The van der Waals surface area contributed by atoms with E-state index in [9.17, 15) is 4.79 Å². The molecule has 3 aromatic rings. The second-order valence-corrected chi connectivity index (χ2v) is 7.40. The van der Waals surface area contributed by atoms with E-state index in [4.69, 9.17) is 11.6 Å². The summed E-state index contributed by atoms with van der Waals surface area (Å²) in [5, 5.41) is 5.14. The van der Waals surface area contributed by atoms with Crippen LogP contribution in [0.2, 0.25) is 5.02 Å². The predicted octanol–water partition coefficient (Wildman–Crippen LogP) is 4.76. The van der Waals surface area contributed by atoms with Crippen LogP contribution in [0.1, 0.15) is 34.8 Å². The number of carbonyl (C=O) groups excluding carboxylic acids is 1. The zero-order valence-corrected chi connectivity index (χ0v) is 16.1. The summed E-state index contributed by atoms with van der Waals surface area (Å²) >= 11 is 6.28. The zero-order valence-electron chi connectivity index (χ0n) is 15.3. The molecule has 4 rings (SSSR count). The third kappa shape index (κ3) is 3.62. The second-order valence-electron chi connectivity index (χ2n) is 7.00. The summed E-state index contributed by atoms with van der Waals surface area (Å²) < 4.78 is 1.66. The first-order valence-corrected chi connectivity index (χ1v) is 9.64. The van der Waals surface area contributed by atoms with Crippen molar-refractivity contribution in [1.82, 2.24) is 14.7 Å². The fourth-order valence-corrected chi connectivity index (χ4v) is 4.00. The highest BCUT2D eigenvalue weighted by Gasteiger charge is 2.26. The van der Waals surface area contributed by atoms with Gasteiger partial charge < -0.3 is 4.90 Å². The number of hydrogen-bond acceptors (Lipinski definition) is 2. The SMILES string of the molecule is Cn1nc(-c2ccccc2Cl)cc1C(=O)N1CCC(c2ccccc2)CC1. The van der Waals surface area contributed by atoms with Crippen LogP contribution in [-0.2, 0) is 7.05 Å². The number of likely N-dealkylation sites (tertiary alicyclic amines) is 1. The van der Waals surface area contributed by atoms with Crippen molar-refractivity contribution >= 4 is 17.5 Å². The summed E-state index contributed by atoms with van der Waals surface area (Å²) in [6, 6.07) is 20.0. The summed E-state index contributed by atoms with van der Waals surface area (Å²) in [6.07, 6.45) is 1.98.